The molecule has 0 spiro atoms. The molecule has 12 heavy (non-hydrogen) atoms. The molecule has 0 atom stereocenters. The summed E-state index contributed by atoms with van der Waals surface area (Å²) in [4.78, 5) is 0. The van der Waals surface area contributed by atoms with E-state index in [4.69, 9.17) is 11.5 Å². The topological polar surface area (TPSA) is 76.1 Å². The maximum atomic E-state index is 5.26. The van der Waals surface area contributed by atoms with E-state index in [1.807, 2.05) is 13.0 Å². The molecule has 0 amide bonds. The van der Waals surface area contributed by atoms with Crippen molar-refractivity contribution in [3.05, 3.63) is 12.2 Å². The minimum atomic E-state index is -0.231. The largest absolute Gasteiger partial charge is 0.376 e. The highest BCUT2D eigenvalue weighted by atomic mass is 32.1. The third-order valence-electron chi connectivity index (χ3n) is 0.980. The predicted octanol–water partition coefficient (Wildman–Crippen LogP) is -0.445. The van der Waals surface area contributed by atoms with Crippen LogP contribution in [-0.2, 0) is 0 Å². The number of hydrogen-bond donors (Lipinski definition) is 4. The molecular weight excluding hydrogens is 192 g/mol. The van der Waals surface area contributed by atoms with Gasteiger partial charge in [0.15, 0.2) is 10.2 Å². The van der Waals surface area contributed by atoms with E-state index in [0.717, 1.165) is 0 Å². The molecule has 0 aromatic heterocycles. The van der Waals surface area contributed by atoms with Gasteiger partial charge in [-0.15, -0.1) is 0 Å². The molecule has 0 aromatic rings. The second-order valence-corrected chi connectivity index (χ2v) is 2.90. The molecule has 4 nitrogen and oxygen atoms in total. The summed E-state index contributed by atoms with van der Waals surface area (Å²) in [7, 11) is 0. The zero-order chi connectivity index (χ0) is 9.56. The monoisotopic (exact) mass is 204 g/mol. The number of thiocarbonyl (C=S) groups is 2. The molecule has 0 saturated carbocycles. The average Bonchev–Trinajstić information content (AvgIpc) is 1.84. The smallest absolute Gasteiger partial charge is 0.165 e. The van der Waals surface area contributed by atoms with Crippen LogP contribution in [-0.4, -0.2) is 16.4 Å². The minimum Gasteiger partial charge on any atom is -0.376 e. The van der Waals surface area contributed by atoms with Crippen molar-refractivity contribution in [2.24, 2.45) is 11.5 Å². The molecule has 68 valence electrons. The number of nitrogens with two attached hydrogens (primary N) is 2. The van der Waals surface area contributed by atoms with E-state index in [-0.39, 0.29) is 16.4 Å². The Morgan fingerprint density at radius 1 is 1.25 bits per heavy atom. The lowest BCUT2D eigenvalue weighted by molar-refractivity contribution is 0.691. The molecule has 0 aliphatic rings. The van der Waals surface area contributed by atoms with E-state index >= 15 is 0 Å². The van der Waals surface area contributed by atoms with E-state index in [0.29, 0.717) is 0 Å². The van der Waals surface area contributed by atoms with Crippen LogP contribution in [0.1, 0.15) is 6.92 Å². The molecule has 0 heterocycles. The molecule has 0 unspecified atom stereocenters. The van der Waals surface area contributed by atoms with Crippen LogP contribution in [0, 0.1) is 0 Å². The van der Waals surface area contributed by atoms with Crippen molar-refractivity contribution < 1.29 is 0 Å². The Balaban J connectivity index is 4.03. The van der Waals surface area contributed by atoms with E-state index in [2.05, 4.69) is 35.1 Å². The van der Waals surface area contributed by atoms with E-state index < -0.39 is 0 Å². The minimum absolute atomic E-state index is 0.196. The fourth-order valence-electron chi connectivity index (χ4n) is 0.631. The molecule has 0 rings (SSSR count). The van der Waals surface area contributed by atoms with Crippen LogP contribution >= 0.6 is 24.4 Å². The number of hydrogen-bond acceptors (Lipinski definition) is 2. The SMILES string of the molecule is C/C=C/C(NC(N)=S)NC(N)=S. The summed E-state index contributed by atoms with van der Waals surface area (Å²) >= 11 is 9.29. The van der Waals surface area contributed by atoms with E-state index in [1.165, 1.54) is 0 Å². The summed E-state index contributed by atoms with van der Waals surface area (Å²) in [6.45, 7) is 1.87. The molecule has 6 heteroatoms. The third kappa shape index (κ3) is 5.87. The zero-order valence-corrected chi connectivity index (χ0v) is 8.34. The lowest BCUT2D eigenvalue weighted by Gasteiger charge is -2.16. The van der Waals surface area contributed by atoms with Crippen LogP contribution in [0.25, 0.3) is 0 Å². The van der Waals surface area contributed by atoms with Crippen LogP contribution in [0.2, 0.25) is 0 Å². The Kier molecular flexibility index (Phi) is 5.31. The van der Waals surface area contributed by atoms with Gasteiger partial charge in [0.05, 0.1) is 0 Å². The van der Waals surface area contributed by atoms with Gasteiger partial charge < -0.3 is 22.1 Å². The van der Waals surface area contributed by atoms with Crippen LogP contribution in [0.4, 0.5) is 0 Å². The van der Waals surface area contributed by atoms with Crippen LogP contribution in [0.15, 0.2) is 12.2 Å². The van der Waals surface area contributed by atoms with Gasteiger partial charge in [-0.25, -0.2) is 0 Å². The molecule has 0 aromatic carbocycles. The zero-order valence-electron chi connectivity index (χ0n) is 6.70. The number of allylic oxidation sites excluding steroid dienone is 1. The van der Waals surface area contributed by atoms with Crippen LogP contribution < -0.4 is 22.1 Å². The Hall–Kier alpha value is -0.880. The maximum Gasteiger partial charge on any atom is 0.165 e. The van der Waals surface area contributed by atoms with Crippen LogP contribution in [0.5, 0.6) is 0 Å². The van der Waals surface area contributed by atoms with Gasteiger partial charge in [0.25, 0.3) is 0 Å². The van der Waals surface area contributed by atoms with Crippen molar-refractivity contribution in [1.82, 2.24) is 10.6 Å². The lowest BCUT2D eigenvalue weighted by atomic mass is 10.4. The molecule has 0 fully saturated rings. The summed E-state index contributed by atoms with van der Waals surface area (Å²) in [5.41, 5.74) is 10.5. The molecule has 0 aliphatic carbocycles. The van der Waals surface area contributed by atoms with Crippen LogP contribution in [0.3, 0.4) is 0 Å². The first kappa shape index (κ1) is 11.1. The average molecular weight is 204 g/mol. The van der Waals surface area contributed by atoms with Gasteiger partial charge in [0.1, 0.15) is 6.17 Å². The Bertz CT molecular complexity index is 186. The summed E-state index contributed by atoms with van der Waals surface area (Å²) in [5, 5.41) is 5.90. The Morgan fingerprint density at radius 3 is 1.92 bits per heavy atom. The van der Waals surface area contributed by atoms with Gasteiger partial charge >= 0.3 is 0 Å². The van der Waals surface area contributed by atoms with Gasteiger partial charge in [-0.2, -0.15) is 0 Å². The fourth-order valence-corrected chi connectivity index (χ4v) is 0.885. The van der Waals surface area contributed by atoms with Crippen molar-refractivity contribution in [3.8, 4) is 0 Å². The molecular formula is C6H12N4S2. The first-order valence-corrected chi connectivity index (χ1v) is 4.12. The summed E-state index contributed by atoms with van der Waals surface area (Å²) in [5.74, 6) is 0. The summed E-state index contributed by atoms with van der Waals surface area (Å²) in [6, 6.07) is 0. The normalized spacial score (nSPS) is 10.2. The number of nitrogens with one attached hydrogen (secondary N) is 2. The molecule has 0 radical (unpaired) electrons. The Labute approximate surface area is 82.4 Å². The van der Waals surface area contributed by atoms with Gasteiger partial charge in [-0.05, 0) is 37.4 Å². The predicted molar refractivity (Wildman–Crippen MR) is 58.4 cm³/mol. The molecule has 0 saturated heterocycles. The number of rotatable bonds is 3. The standard InChI is InChI=1S/C6H12N4S2/c1-2-3-4(9-5(7)11)10-6(8)12/h2-4H,1H3,(H3,7,9,11)(H3,8,10,12)/b3-2+. The van der Waals surface area contributed by atoms with Crippen molar-refractivity contribution in [3.63, 3.8) is 0 Å². The first-order chi connectivity index (χ1) is 5.56. The molecule has 0 bridgehead atoms. The third-order valence-corrected chi connectivity index (χ3v) is 1.22. The highest BCUT2D eigenvalue weighted by Gasteiger charge is 2.02. The van der Waals surface area contributed by atoms with Crippen molar-refractivity contribution >= 4 is 34.7 Å². The quantitative estimate of drug-likeness (QED) is 0.283. The highest BCUT2D eigenvalue weighted by Crippen LogP contribution is 1.81. The van der Waals surface area contributed by atoms with Crippen molar-refractivity contribution in [2.45, 2.75) is 13.1 Å². The molecule has 0 aliphatic heterocycles. The second-order valence-electron chi connectivity index (χ2n) is 2.02. The van der Waals surface area contributed by atoms with Crippen molar-refractivity contribution in [2.75, 3.05) is 0 Å². The summed E-state index contributed by atoms with van der Waals surface area (Å²) in [6.07, 6.45) is 3.41. The van der Waals surface area contributed by atoms with Crippen molar-refractivity contribution in [1.29, 1.82) is 0 Å². The van der Waals surface area contributed by atoms with Gasteiger partial charge in [-0.3, -0.25) is 0 Å². The lowest BCUT2D eigenvalue weighted by Crippen LogP contribution is -2.50. The fraction of sp³-hybridized carbons (Fsp3) is 0.333. The second kappa shape index (κ2) is 5.73. The van der Waals surface area contributed by atoms with E-state index in [1.54, 1.807) is 6.08 Å². The highest BCUT2D eigenvalue weighted by molar-refractivity contribution is 7.80. The molecule has 6 N–H and O–H groups in total. The van der Waals surface area contributed by atoms with Gasteiger partial charge in [0.2, 0.25) is 0 Å². The van der Waals surface area contributed by atoms with E-state index in [9.17, 15) is 0 Å². The van der Waals surface area contributed by atoms with Gasteiger partial charge in [0, 0.05) is 0 Å². The first-order valence-electron chi connectivity index (χ1n) is 3.31. The summed E-state index contributed by atoms with van der Waals surface area (Å²) < 4.78 is 0. The van der Waals surface area contributed by atoms with Gasteiger partial charge in [-0.1, -0.05) is 6.08 Å². The Morgan fingerprint density at radius 2 is 1.67 bits per heavy atom. The maximum absolute atomic E-state index is 5.26.